The van der Waals surface area contributed by atoms with Crippen LogP contribution in [0.1, 0.15) is 28.8 Å². The van der Waals surface area contributed by atoms with Crippen LogP contribution < -0.4 is 11.1 Å². The Morgan fingerprint density at radius 1 is 1.48 bits per heavy atom. The van der Waals surface area contributed by atoms with Crippen LogP contribution in [0.25, 0.3) is 0 Å². The molecule has 0 unspecified atom stereocenters. The minimum Gasteiger partial charge on any atom is -0.392 e. The van der Waals surface area contributed by atoms with Crippen molar-refractivity contribution in [1.82, 2.24) is 10.2 Å². The molecule has 0 saturated carbocycles. The summed E-state index contributed by atoms with van der Waals surface area (Å²) in [6, 6.07) is 4.56. The highest BCUT2D eigenvalue weighted by Gasteiger charge is 2.21. The van der Waals surface area contributed by atoms with Gasteiger partial charge in [0.2, 0.25) is 0 Å². The van der Waals surface area contributed by atoms with Gasteiger partial charge in [0, 0.05) is 31.2 Å². The van der Waals surface area contributed by atoms with Crippen molar-refractivity contribution in [2.45, 2.75) is 25.8 Å². The van der Waals surface area contributed by atoms with Crippen molar-refractivity contribution in [2.24, 2.45) is 5.73 Å². The van der Waals surface area contributed by atoms with Crippen LogP contribution in [0.15, 0.2) is 18.2 Å². The average Bonchev–Trinajstić information content (AvgIpc) is 2.43. The Bertz CT molecular complexity index is 542. The molecule has 1 aliphatic rings. The third-order valence-corrected chi connectivity index (χ3v) is 3.85. The summed E-state index contributed by atoms with van der Waals surface area (Å²) < 4.78 is 13.2. The Hall–Kier alpha value is -1.53. The van der Waals surface area contributed by atoms with Gasteiger partial charge in [-0.3, -0.25) is 9.69 Å². The maximum Gasteiger partial charge on any atom is 0.251 e. The predicted molar refractivity (Wildman–Crippen MR) is 84.9 cm³/mol. The van der Waals surface area contributed by atoms with Gasteiger partial charge in [-0.1, -0.05) is 12.2 Å². The minimum absolute atomic E-state index is 0.144. The van der Waals surface area contributed by atoms with E-state index in [1.54, 1.807) is 13.0 Å². The second kappa shape index (κ2) is 6.95. The molecule has 0 aromatic heterocycles. The number of benzene rings is 1. The van der Waals surface area contributed by atoms with E-state index in [2.05, 4.69) is 10.2 Å². The van der Waals surface area contributed by atoms with Crippen molar-refractivity contribution in [3.63, 3.8) is 0 Å². The lowest BCUT2D eigenvalue weighted by atomic mass is 10.0. The second-order valence-corrected chi connectivity index (χ2v) is 5.98. The zero-order chi connectivity index (χ0) is 15.4. The molecule has 21 heavy (non-hydrogen) atoms. The topological polar surface area (TPSA) is 58.4 Å². The molecule has 0 atom stereocenters. The van der Waals surface area contributed by atoms with E-state index in [0.29, 0.717) is 22.7 Å². The van der Waals surface area contributed by atoms with E-state index in [-0.39, 0.29) is 17.8 Å². The molecule has 1 fully saturated rings. The fourth-order valence-corrected chi connectivity index (χ4v) is 2.69. The van der Waals surface area contributed by atoms with Crippen molar-refractivity contribution in [2.75, 3.05) is 19.6 Å². The number of amides is 1. The third-order valence-electron chi connectivity index (χ3n) is 3.72. The van der Waals surface area contributed by atoms with Gasteiger partial charge in [-0.15, -0.1) is 0 Å². The van der Waals surface area contributed by atoms with Crippen LogP contribution in [0.2, 0.25) is 0 Å². The summed E-state index contributed by atoms with van der Waals surface area (Å²) in [5.41, 5.74) is 6.51. The highest BCUT2D eigenvalue weighted by molar-refractivity contribution is 7.80. The number of nitrogens with zero attached hydrogens (tertiary/aromatic N) is 1. The lowest BCUT2D eigenvalue weighted by molar-refractivity contribution is 0.0914. The first-order chi connectivity index (χ1) is 9.95. The first kappa shape index (κ1) is 15.9. The maximum absolute atomic E-state index is 13.2. The van der Waals surface area contributed by atoms with E-state index in [1.165, 1.54) is 12.1 Å². The van der Waals surface area contributed by atoms with Crippen molar-refractivity contribution in [1.29, 1.82) is 0 Å². The number of carbonyl (C=O) groups excluding carboxylic acids is 1. The van der Waals surface area contributed by atoms with Crippen LogP contribution >= 0.6 is 12.2 Å². The number of nitrogens with two attached hydrogens (primary N) is 1. The number of hydrogen-bond donors (Lipinski definition) is 2. The van der Waals surface area contributed by atoms with Crippen LogP contribution in [0.5, 0.6) is 0 Å². The molecule has 1 heterocycles. The van der Waals surface area contributed by atoms with E-state index in [0.717, 1.165) is 25.9 Å². The molecule has 1 saturated heterocycles. The monoisotopic (exact) mass is 309 g/mol. The Morgan fingerprint density at radius 3 is 2.71 bits per heavy atom. The van der Waals surface area contributed by atoms with Gasteiger partial charge in [-0.05, 0) is 43.5 Å². The van der Waals surface area contributed by atoms with Gasteiger partial charge < -0.3 is 11.1 Å². The molecule has 3 N–H and O–H groups in total. The number of thiocarbonyl (C=S) groups is 1. The second-order valence-electron chi connectivity index (χ2n) is 5.45. The molecule has 114 valence electrons. The zero-order valence-electron chi connectivity index (χ0n) is 12.1. The number of piperidine rings is 1. The fraction of sp³-hybridized carbons (Fsp3) is 0.467. The molecule has 0 spiro atoms. The molecular weight excluding hydrogens is 289 g/mol. The molecule has 0 aliphatic carbocycles. The first-order valence-corrected chi connectivity index (χ1v) is 7.44. The van der Waals surface area contributed by atoms with E-state index in [4.69, 9.17) is 18.0 Å². The maximum atomic E-state index is 13.2. The smallest absolute Gasteiger partial charge is 0.251 e. The quantitative estimate of drug-likeness (QED) is 0.830. The molecule has 2 rings (SSSR count). The first-order valence-electron chi connectivity index (χ1n) is 7.03. The van der Waals surface area contributed by atoms with Crippen molar-refractivity contribution in [3.8, 4) is 0 Å². The number of aryl methyl sites for hydroxylation is 1. The van der Waals surface area contributed by atoms with Gasteiger partial charge in [-0.2, -0.15) is 0 Å². The largest absolute Gasteiger partial charge is 0.392 e. The number of carbonyl (C=O) groups is 1. The van der Waals surface area contributed by atoms with Crippen LogP contribution in [-0.4, -0.2) is 41.5 Å². The highest BCUT2D eigenvalue weighted by Crippen LogP contribution is 2.13. The summed E-state index contributed by atoms with van der Waals surface area (Å²) in [6.45, 7) is 4.02. The normalized spacial score (nSPS) is 16.7. The molecule has 6 heteroatoms. The molecule has 4 nitrogen and oxygen atoms in total. The van der Waals surface area contributed by atoms with Crippen molar-refractivity contribution in [3.05, 3.63) is 35.1 Å². The van der Waals surface area contributed by atoms with E-state index < -0.39 is 0 Å². The summed E-state index contributed by atoms with van der Waals surface area (Å²) in [6.07, 6.45) is 1.74. The summed E-state index contributed by atoms with van der Waals surface area (Å²) in [5, 5.41) is 3.00. The van der Waals surface area contributed by atoms with Crippen molar-refractivity contribution >= 4 is 23.1 Å². The van der Waals surface area contributed by atoms with Gasteiger partial charge in [0.05, 0.1) is 4.99 Å². The summed E-state index contributed by atoms with van der Waals surface area (Å²) in [5.74, 6) is -0.441. The summed E-state index contributed by atoms with van der Waals surface area (Å²) in [4.78, 5) is 14.8. The van der Waals surface area contributed by atoms with Gasteiger partial charge in [-0.25, -0.2) is 4.39 Å². The average molecular weight is 309 g/mol. The molecule has 1 amide bonds. The third kappa shape index (κ3) is 4.47. The predicted octanol–water partition coefficient (Wildman–Crippen LogP) is 1.61. The van der Waals surface area contributed by atoms with Crippen LogP contribution in [-0.2, 0) is 0 Å². The molecule has 0 bridgehead atoms. The summed E-state index contributed by atoms with van der Waals surface area (Å²) in [7, 11) is 0. The molecule has 0 radical (unpaired) electrons. The van der Waals surface area contributed by atoms with Crippen molar-refractivity contribution < 1.29 is 9.18 Å². The number of rotatable bonds is 4. The molecule has 1 aromatic carbocycles. The highest BCUT2D eigenvalue weighted by atomic mass is 32.1. The zero-order valence-corrected chi connectivity index (χ0v) is 12.9. The molecule has 1 aromatic rings. The minimum atomic E-state index is -0.294. The van der Waals surface area contributed by atoms with E-state index in [1.807, 2.05) is 0 Å². The van der Waals surface area contributed by atoms with E-state index >= 15 is 0 Å². The SMILES string of the molecule is Cc1cc(C(=O)NC2CCN(CC(N)=S)CC2)ccc1F. The molecule has 1 aliphatic heterocycles. The lowest BCUT2D eigenvalue weighted by Crippen LogP contribution is -2.46. The van der Waals surface area contributed by atoms with Gasteiger partial charge >= 0.3 is 0 Å². The fourth-order valence-electron chi connectivity index (χ4n) is 2.51. The Balaban J connectivity index is 1.86. The number of hydrogen-bond acceptors (Lipinski definition) is 3. The number of nitrogens with one attached hydrogen (secondary N) is 1. The standard InChI is InChI=1S/C15H20FN3OS/c1-10-8-11(2-3-13(10)16)15(20)18-12-4-6-19(7-5-12)9-14(17)21/h2-3,8,12H,4-7,9H2,1H3,(H2,17,21)(H,18,20). The van der Waals surface area contributed by atoms with Crippen LogP contribution in [0.3, 0.4) is 0 Å². The van der Waals surface area contributed by atoms with Crippen LogP contribution in [0.4, 0.5) is 4.39 Å². The Morgan fingerprint density at radius 2 is 2.14 bits per heavy atom. The summed E-state index contributed by atoms with van der Waals surface area (Å²) >= 11 is 4.90. The van der Waals surface area contributed by atoms with Gasteiger partial charge in [0.1, 0.15) is 5.82 Å². The van der Waals surface area contributed by atoms with E-state index in [9.17, 15) is 9.18 Å². The van der Waals surface area contributed by atoms with Gasteiger partial charge in [0.25, 0.3) is 5.91 Å². The molecular formula is C15H20FN3OS. The number of halogens is 1. The Kier molecular flexibility index (Phi) is 5.25. The number of likely N-dealkylation sites (tertiary alicyclic amines) is 1. The van der Waals surface area contributed by atoms with Crippen LogP contribution in [0, 0.1) is 12.7 Å². The lowest BCUT2D eigenvalue weighted by Gasteiger charge is -2.32. The Labute approximate surface area is 129 Å². The van der Waals surface area contributed by atoms with Gasteiger partial charge in [0.15, 0.2) is 0 Å².